The molecule has 1 aliphatic carbocycles. The number of rotatable bonds is 12. The van der Waals surface area contributed by atoms with Crippen LogP contribution in [0.25, 0.3) is 0 Å². The van der Waals surface area contributed by atoms with Crippen LogP contribution in [0.1, 0.15) is 25.3 Å². The second-order valence-corrected chi connectivity index (χ2v) is 10.5. The SMILES string of the molecule is CSc1ccc(OCC#C[C@H](C)[N+](F)(F)C[C@@H](CSCc2cccnc2)C(=O)NC2(C#N)CC2)cc1. The van der Waals surface area contributed by atoms with Crippen molar-refractivity contribution in [3.63, 3.8) is 0 Å². The Morgan fingerprint density at radius 1 is 1.31 bits per heavy atom. The van der Waals surface area contributed by atoms with Crippen LogP contribution >= 0.6 is 23.5 Å². The summed E-state index contributed by atoms with van der Waals surface area (Å²) in [7, 11) is 0. The molecule has 3 rings (SSSR count). The number of nitriles is 1. The highest BCUT2D eigenvalue weighted by Gasteiger charge is 2.48. The Hall–Kier alpha value is -2.79. The van der Waals surface area contributed by atoms with Crippen LogP contribution in [0.15, 0.2) is 53.7 Å². The molecule has 1 N–H and O–H groups in total. The van der Waals surface area contributed by atoms with Gasteiger partial charge in [-0.2, -0.15) is 17.0 Å². The molecule has 0 unspecified atom stereocenters. The van der Waals surface area contributed by atoms with Crippen molar-refractivity contribution in [3.8, 4) is 23.7 Å². The lowest BCUT2D eigenvalue weighted by Gasteiger charge is -2.23. The molecule has 1 aliphatic rings. The Bertz CT molecular complexity index is 1110. The van der Waals surface area contributed by atoms with Crippen molar-refractivity contribution in [2.24, 2.45) is 5.92 Å². The third-order valence-corrected chi connectivity index (χ3v) is 7.64. The van der Waals surface area contributed by atoms with Gasteiger partial charge in [0, 0.05) is 44.7 Å². The summed E-state index contributed by atoms with van der Waals surface area (Å²) in [6.45, 7) is 0.606. The molecule has 10 heteroatoms. The van der Waals surface area contributed by atoms with Crippen LogP contribution < -0.4 is 10.1 Å². The Kier molecular flexibility index (Phi) is 10.0. The number of amides is 1. The predicted octanol–water partition coefficient (Wildman–Crippen LogP) is 4.88. The van der Waals surface area contributed by atoms with E-state index in [1.807, 2.05) is 36.6 Å². The Morgan fingerprint density at radius 2 is 2.06 bits per heavy atom. The van der Waals surface area contributed by atoms with E-state index in [9.17, 15) is 10.1 Å². The van der Waals surface area contributed by atoms with Crippen LogP contribution in [0, 0.1) is 29.1 Å². The van der Waals surface area contributed by atoms with Crippen molar-refractivity contribution >= 4 is 29.4 Å². The number of ether oxygens (including phenoxy) is 1. The van der Waals surface area contributed by atoms with E-state index in [4.69, 9.17) is 4.74 Å². The second-order valence-electron chi connectivity index (χ2n) is 8.58. The highest BCUT2D eigenvalue weighted by molar-refractivity contribution is 7.98. The zero-order valence-corrected chi connectivity index (χ0v) is 21.9. The normalized spacial score (nSPS) is 15.5. The molecule has 0 aliphatic heterocycles. The van der Waals surface area contributed by atoms with Gasteiger partial charge in [0.25, 0.3) is 0 Å². The predicted molar refractivity (Wildman–Crippen MR) is 138 cm³/mol. The van der Waals surface area contributed by atoms with Gasteiger partial charge in [-0.25, -0.2) is 0 Å². The molecule has 1 heterocycles. The molecule has 1 fully saturated rings. The van der Waals surface area contributed by atoms with E-state index in [0.717, 1.165) is 10.5 Å². The molecule has 36 heavy (non-hydrogen) atoms. The Labute approximate surface area is 219 Å². The van der Waals surface area contributed by atoms with Crippen molar-refractivity contribution in [2.45, 2.75) is 42.0 Å². The highest BCUT2D eigenvalue weighted by atomic mass is 32.2. The first kappa shape index (κ1) is 27.8. The molecule has 0 radical (unpaired) electrons. The number of thioether (sulfide) groups is 2. The van der Waals surface area contributed by atoms with Crippen LogP contribution in [0.3, 0.4) is 0 Å². The minimum atomic E-state index is -2.43. The molecule has 190 valence electrons. The van der Waals surface area contributed by atoms with Gasteiger partial charge in [-0.3, -0.25) is 9.78 Å². The summed E-state index contributed by atoms with van der Waals surface area (Å²) in [4.78, 5) is 15.6. The van der Waals surface area contributed by atoms with Crippen molar-refractivity contribution in [1.82, 2.24) is 10.3 Å². The van der Waals surface area contributed by atoms with Crippen molar-refractivity contribution in [3.05, 3.63) is 54.4 Å². The molecule has 1 saturated carbocycles. The average molecular weight is 532 g/mol. The van der Waals surface area contributed by atoms with Gasteiger partial charge in [0.2, 0.25) is 11.9 Å². The fourth-order valence-electron chi connectivity index (χ4n) is 3.27. The van der Waals surface area contributed by atoms with Crippen LogP contribution in [0.5, 0.6) is 5.75 Å². The van der Waals surface area contributed by atoms with Crippen molar-refractivity contribution < 1.29 is 23.4 Å². The van der Waals surface area contributed by atoms with E-state index in [1.54, 1.807) is 30.2 Å². The minimum absolute atomic E-state index is 0.0154. The number of carbonyl (C=O) groups excluding carboxylic acids is 1. The first-order valence-corrected chi connectivity index (χ1v) is 13.9. The maximum absolute atomic E-state index is 15.1. The van der Waals surface area contributed by atoms with Gasteiger partial charge in [-0.1, -0.05) is 12.0 Å². The van der Waals surface area contributed by atoms with Gasteiger partial charge in [-0.05, 0) is 60.9 Å². The molecule has 0 saturated heterocycles. The zero-order valence-electron chi connectivity index (χ0n) is 20.2. The standard InChI is InChI=1S/C26H28F2N4O2S2/c1-20(5-4-14-34-23-7-9-24(35-2)10-8-23)32(27,28)16-22(25(33)31-26(19-29)11-12-26)18-36-17-21-6-3-13-30-15-21/h3,6-10,13,15,20,22H,11-12,14,16-18H2,1-2H3/p+1/t20-,22-/m0/s1. The van der Waals surface area contributed by atoms with E-state index >= 15 is 8.96 Å². The maximum Gasteiger partial charge on any atom is 0.231 e. The van der Waals surface area contributed by atoms with Gasteiger partial charge in [0.15, 0.2) is 6.54 Å². The first-order chi connectivity index (χ1) is 17.3. The van der Waals surface area contributed by atoms with E-state index in [-0.39, 0.29) is 12.4 Å². The third kappa shape index (κ3) is 8.41. The van der Waals surface area contributed by atoms with E-state index < -0.39 is 34.9 Å². The third-order valence-electron chi connectivity index (χ3n) is 5.72. The molecule has 1 amide bonds. The summed E-state index contributed by atoms with van der Waals surface area (Å²) < 4.78 is 35.7. The monoisotopic (exact) mass is 531 g/mol. The van der Waals surface area contributed by atoms with Crippen molar-refractivity contribution in [1.29, 1.82) is 5.26 Å². The number of hydrogen-bond acceptors (Lipinski definition) is 6. The summed E-state index contributed by atoms with van der Waals surface area (Å²) >= 11 is 3.00. The summed E-state index contributed by atoms with van der Waals surface area (Å²) in [6, 6.07) is 11.9. The number of nitrogens with zero attached hydrogens (tertiary/aromatic N) is 3. The van der Waals surface area contributed by atoms with E-state index in [2.05, 4.69) is 28.2 Å². The number of benzene rings is 1. The number of aromatic nitrogens is 1. The number of hydrogen-bond donors (Lipinski definition) is 1. The molecule has 6 nitrogen and oxygen atoms in total. The smallest absolute Gasteiger partial charge is 0.231 e. The van der Waals surface area contributed by atoms with Gasteiger partial charge >= 0.3 is 0 Å². The summed E-state index contributed by atoms with van der Waals surface area (Å²) in [5.41, 5.74) is 0.0310. The molecule has 0 spiro atoms. The summed E-state index contributed by atoms with van der Waals surface area (Å²) in [6.07, 6.45) is 6.42. The lowest BCUT2D eigenvalue weighted by atomic mass is 10.1. The molecule has 2 aromatic rings. The summed E-state index contributed by atoms with van der Waals surface area (Å²) in [5.74, 6) is 5.06. The van der Waals surface area contributed by atoms with Crippen LogP contribution in [-0.4, -0.2) is 52.6 Å². The lowest BCUT2D eigenvalue weighted by Crippen LogP contribution is -2.49. The van der Waals surface area contributed by atoms with E-state index in [0.29, 0.717) is 24.3 Å². The number of halogens is 2. The molecule has 1 aromatic heterocycles. The number of carbonyl (C=O) groups is 1. The fraction of sp³-hybridized carbons (Fsp3) is 0.423. The minimum Gasteiger partial charge on any atom is -0.481 e. The largest absolute Gasteiger partial charge is 0.481 e. The van der Waals surface area contributed by atoms with Gasteiger partial charge in [0.05, 0.1) is 11.0 Å². The van der Waals surface area contributed by atoms with E-state index in [1.165, 1.54) is 18.7 Å². The topological polar surface area (TPSA) is 75.0 Å². The highest BCUT2D eigenvalue weighted by Crippen LogP contribution is 2.35. The zero-order chi connectivity index (χ0) is 26.0. The molecular weight excluding hydrogens is 502 g/mol. The van der Waals surface area contributed by atoms with Gasteiger partial charge in [0.1, 0.15) is 23.8 Å². The molecule has 0 bridgehead atoms. The molecule has 2 atom stereocenters. The number of nitrogens with one attached hydrogen (secondary N) is 1. The lowest BCUT2D eigenvalue weighted by molar-refractivity contribution is -1.18. The fourth-order valence-corrected chi connectivity index (χ4v) is 4.74. The Morgan fingerprint density at radius 3 is 2.67 bits per heavy atom. The quantitative estimate of drug-likeness (QED) is 0.239. The average Bonchev–Trinajstić information content (AvgIpc) is 3.66. The Balaban J connectivity index is 1.58. The second kappa shape index (κ2) is 13.0. The van der Waals surface area contributed by atoms with Gasteiger partial charge < -0.3 is 10.1 Å². The number of pyridine rings is 1. The first-order valence-electron chi connectivity index (χ1n) is 11.5. The maximum atomic E-state index is 15.1. The van der Waals surface area contributed by atoms with Crippen LogP contribution in [0.4, 0.5) is 8.96 Å². The van der Waals surface area contributed by atoms with Gasteiger partial charge in [-0.15, -0.1) is 11.8 Å². The van der Waals surface area contributed by atoms with Crippen LogP contribution in [0.2, 0.25) is 0 Å². The number of quaternary nitrogens is 1. The van der Waals surface area contributed by atoms with Crippen molar-refractivity contribution in [2.75, 3.05) is 25.2 Å². The molecule has 1 aromatic carbocycles. The van der Waals surface area contributed by atoms with Crippen LogP contribution in [-0.2, 0) is 10.5 Å². The summed E-state index contributed by atoms with van der Waals surface area (Å²) in [5, 5.41) is 12.0. The molecular formula is C26H29F2N4O2S2+.